The van der Waals surface area contributed by atoms with Crippen LogP contribution in [0.25, 0.3) is 16.9 Å². The first kappa shape index (κ1) is 24.1. The molecule has 0 saturated heterocycles. The fraction of sp³-hybridized carbons (Fsp3) is 0.375. The second kappa shape index (κ2) is 9.47. The van der Waals surface area contributed by atoms with Gasteiger partial charge in [0.15, 0.2) is 5.65 Å². The second-order valence-corrected chi connectivity index (χ2v) is 10.0. The van der Waals surface area contributed by atoms with Gasteiger partial charge in [-0.3, -0.25) is 14.5 Å². The molecule has 4 aromatic heterocycles. The lowest BCUT2D eigenvalue weighted by atomic mass is 10.0. The third-order valence-electron chi connectivity index (χ3n) is 6.01. The lowest BCUT2D eigenvalue weighted by Gasteiger charge is -2.22. The number of alkyl halides is 1. The Kier molecular flexibility index (Phi) is 6.35. The predicted molar refractivity (Wildman–Crippen MR) is 133 cm³/mol. The number of hydrogen-bond donors (Lipinski definition) is 3. The predicted octanol–water partition coefficient (Wildman–Crippen LogP) is 3.63. The van der Waals surface area contributed by atoms with Gasteiger partial charge in [0.25, 0.3) is 5.91 Å². The van der Waals surface area contributed by atoms with Crippen LogP contribution in [0.5, 0.6) is 0 Å². The van der Waals surface area contributed by atoms with E-state index in [1.54, 1.807) is 29.2 Å². The number of amides is 1. The van der Waals surface area contributed by atoms with E-state index in [0.717, 1.165) is 6.54 Å². The average Bonchev–Trinajstić information content (AvgIpc) is 3.38. The topological polar surface area (TPSA) is 122 Å². The van der Waals surface area contributed by atoms with Crippen LogP contribution in [0.2, 0.25) is 5.02 Å². The van der Waals surface area contributed by atoms with Crippen molar-refractivity contribution < 1.29 is 14.3 Å². The maximum absolute atomic E-state index is 14.2. The van der Waals surface area contributed by atoms with Crippen molar-refractivity contribution in [1.29, 1.82) is 0 Å². The molecule has 1 unspecified atom stereocenters. The van der Waals surface area contributed by atoms with Gasteiger partial charge in [0.1, 0.15) is 6.17 Å². The van der Waals surface area contributed by atoms with Crippen LogP contribution in [0, 0.1) is 5.92 Å². The van der Waals surface area contributed by atoms with Gasteiger partial charge < -0.3 is 15.7 Å². The Bertz CT molecular complexity index is 1410. The number of carbonyl (C=O) groups excluding carboxylic acids is 1. The summed E-state index contributed by atoms with van der Waals surface area (Å²) in [5.74, 6) is 0.131. The largest absolute Gasteiger partial charge is 0.387 e. The Hall–Kier alpha value is -3.57. The summed E-state index contributed by atoms with van der Waals surface area (Å²) in [4.78, 5) is 21.8. The monoisotopic (exact) mass is 512 g/mol. The van der Waals surface area contributed by atoms with Crippen molar-refractivity contribution in [3.63, 3.8) is 0 Å². The molecule has 1 amide bonds. The highest BCUT2D eigenvalue weighted by Crippen LogP contribution is 2.31. The number of carbonyl (C=O) groups is 1. The van der Waals surface area contributed by atoms with E-state index in [0.29, 0.717) is 39.2 Å². The summed E-state index contributed by atoms with van der Waals surface area (Å²) in [6, 6.07) is 1.71. The fourth-order valence-corrected chi connectivity index (χ4v) is 3.84. The Balaban J connectivity index is 1.46. The number of aliphatic hydroxyl groups is 1. The molecule has 188 valence electrons. The van der Waals surface area contributed by atoms with Gasteiger partial charge in [-0.1, -0.05) is 11.6 Å². The van der Waals surface area contributed by atoms with Gasteiger partial charge in [-0.05, 0) is 38.7 Å². The van der Waals surface area contributed by atoms with E-state index in [-0.39, 0.29) is 12.1 Å². The van der Waals surface area contributed by atoms with Crippen LogP contribution >= 0.6 is 11.6 Å². The summed E-state index contributed by atoms with van der Waals surface area (Å²) >= 11 is 6.02. The maximum Gasteiger partial charge on any atom is 0.255 e. The summed E-state index contributed by atoms with van der Waals surface area (Å²) in [6.45, 7) is 3.21. The number of halogens is 2. The lowest BCUT2D eigenvalue weighted by Crippen LogP contribution is -2.42. The Labute approximate surface area is 211 Å². The molecule has 0 bridgehead atoms. The summed E-state index contributed by atoms with van der Waals surface area (Å²) < 4.78 is 17.7. The van der Waals surface area contributed by atoms with Gasteiger partial charge in [-0.15, -0.1) is 0 Å². The summed E-state index contributed by atoms with van der Waals surface area (Å²) in [5, 5.41) is 24.8. The van der Waals surface area contributed by atoms with Gasteiger partial charge in [0, 0.05) is 25.1 Å². The van der Waals surface area contributed by atoms with E-state index < -0.39 is 17.7 Å². The van der Waals surface area contributed by atoms with Crippen LogP contribution in [-0.4, -0.2) is 58.7 Å². The molecule has 3 N–H and O–H groups in total. The van der Waals surface area contributed by atoms with E-state index in [1.165, 1.54) is 39.1 Å². The SMILES string of the molecule is CC(C)(O)C(F)CNC(=O)c1cnc(-c2cnn3cc(Cl)cnc23)cc1Nc1cnn(CC2CC2)c1. The molecule has 0 aromatic carbocycles. The molecule has 10 nitrogen and oxygen atoms in total. The molecule has 4 heterocycles. The van der Waals surface area contributed by atoms with E-state index in [1.807, 2.05) is 10.9 Å². The van der Waals surface area contributed by atoms with Crippen LogP contribution < -0.4 is 10.6 Å². The number of nitrogens with one attached hydrogen (secondary N) is 2. The number of rotatable bonds is 9. The minimum Gasteiger partial charge on any atom is -0.387 e. The fourth-order valence-electron chi connectivity index (χ4n) is 3.70. The molecule has 4 aromatic rings. The molecule has 5 rings (SSSR count). The third kappa shape index (κ3) is 5.31. The first-order valence-corrected chi connectivity index (χ1v) is 12.0. The van der Waals surface area contributed by atoms with Crippen LogP contribution in [0.1, 0.15) is 37.0 Å². The molecule has 0 spiro atoms. The maximum atomic E-state index is 14.2. The minimum absolute atomic E-state index is 0.212. The first-order chi connectivity index (χ1) is 17.2. The van der Waals surface area contributed by atoms with E-state index >= 15 is 0 Å². The van der Waals surface area contributed by atoms with Crippen LogP contribution in [0.4, 0.5) is 15.8 Å². The number of aromatic nitrogens is 6. The minimum atomic E-state index is -1.64. The van der Waals surface area contributed by atoms with Crippen molar-refractivity contribution in [1.82, 2.24) is 34.7 Å². The van der Waals surface area contributed by atoms with Gasteiger partial charge in [0.2, 0.25) is 0 Å². The summed E-state index contributed by atoms with van der Waals surface area (Å²) in [6.07, 6.45) is 10.5. The van der Waals surface area contributed by atoms with Crippen molar-refractivity contribution in [2.75, 3.05) is 11.9 Å². The molecule has 1 saturated carbocycles. The van der Waals surface area contributed by atoms with Crippen molar-refractivity contribution in [2.45, 2.75) is 45.0 Å². The number of pyridine rings is 1. The molecule has 36 heavy (non-hydrogen) atoms. The highest BCUT2D eigenvalue weighted by atomic mass is 35.5. The Morgan fingerprint density at radius 2 is 2.03 bits per heavy atom. The average molecular weight is 513 g/mol. The molecular weight excluding hydrogens is 487 g/mol. The van der Waals surface area contributed by atoms with Crippen molar-refractivity contribution >= 4 is 34.5 Å². The van der Waals surface area contributed by atoms with Gasteiger partial charge in [-0.25, -0.2) is 13.9 Å². The number of nitrogens with zero attached hydrogens (tertiary/aromatic N) is 6. The third-order valence-corrected chi connectivity index (χ3v) is 6.21. The molecule has 1 aliphatic rings. The van der Waals surface area contributed by atoms with Gasteiger partial charge in [0.05, 0.1) is 64.0 Å². The normalized spacial score (nSPS) is 14.7. The highest BCUT2D eigenvalue weighted by molar-refractivity contribution is 6.30. The van der Waals surface area contributed by atoms with Crippen molar-refractivity contribution in [3.05, 3.63) is 53.8 Å². The Morgan fingerprint density at radius 1 is 1.22 bits per heavy atom. The zero-order valence-corrected chi connectivity index (χ0v) is 20.6. The van der Waals surface area contributed by atoms with Crippen LogP contribution in [0.15, 0.2) is 43.2 Å². The first-order valence-electron chi connectivity index (χ1n) is 11.6. The van der Waals surface area contributed by atoms with Gasteiger partial charge in [-0.2, -0.15) is 10.2 Å². The smallest absolute Gasteiger partial charge is 0.255 e. The zero-order chi connectivity index (χ0) is 25.4. The highest BCUT2D eigenvalue weighted by Gasteiger charge is 2.27. The molecular formula is C24H26ClFN8O2. The van der Waals surface area contributed by atoms with E-state index in [2.05, 4.69) is 30.8 Å². The molecule has 12 heteroatoms. The molecule has 1 aliphatic carbocycles. The van der Waals surface area contributed by atoms with E-state index in [4.69, 9.17) is 11.6 Å². The molecule has 0 radical (unpaired) electrons. The molecule has 0 aliphatic heterocycles. The lowest BCUT2D eigenvalue weighted by molar-refractivity contribution is -0.00177. The van der Waals surface area contributed by atoms with Crippen molar-refractivity contribution in [2.24, 2.45) is 5.92 Å². The summed E-state index contributed by atoms with van der Waals surface area (Å²) in [5.41, 5.74) is 1.52. The molecule has 1 atom stereocenters. The standard InChI is InChI=1S/C24H26ClFN8O2/c1-24(2,36)21(26)10-29-23(35)18-8-27-19(17-9-31-34-12-15(25)6-28-22(17)34)5-20(18)32-16-7-30-33(13-16)11-14-3-4-14/h5-9,12-14,21,36H,3-4,10-11H2,1-2H3,(H,27,32)(H,29,35). The quantitative estimate of drug-likeness (QED) is 0.313. The Morgan fingerprint density at radius 3 is 2.78 bits per heavy atom. The van der Waals surface area contributed by atoms with Gasteiger partial charge >= 0.3 is 0 Å². The number of fused-ring (bicyclic) bond motifs is 1. The van der Waals surface area contributed by atoms with E-state index in [9.17, 15) is 14.3 Å². The second-order valence-electron chi connectivity index (χ2n) is 9.56. The van der Waals surface area contributed by atoms with Crippen LogP contribution in [0.3, 0.4) is 0 Å². The molecule has 1 fully saturated rings. The number of hydrogen-bond acceptors (Lipinski definition) is 7. The number of anilines is 2. The van der Waals surface area contributed by atoms with Crippen molar-refractivity contribution in [3.8, 4) is 11.3 Å². The summed E-state index contributed by atoms with van der Waals surface area (Å²) in [7, 11) is 0. The van der Waals surface area contributed by atoms with Crippen LogP contribution in [-0.2, 0) is 6.54 Å². The zero-order valence-electron chi connectivity index (χ0n) is 19.8.